The van der Waals surface area contributed by atoms with E-state index in [0.717, 1.165) is 24.9 Å². The summed E-state index contributed by atoms with van der Waals surface area (Å²) in [6.07, 6.45) is 4.49. The zero-order chi connectivity index (χ0) is 15.1. The minimum absolute atomic E-state index is 0.387. The molecule has 0 aliphatic rings. The van der Waals surface area contributed by atoms with Crippen molar-refractivity contribution in [1.29, 1.82) is 0 Å². The predicted molar refractivity (Wildman–Crippen MR) is 90.7 cm³/mol. The number of thiazole rings is 1. The first-order valence-corrected chi connectivity index (χ1v) is 8.63. The Bertz CT molecular complexity index is 362. The lowest BCUT2D eigenvalue weighted by atomic mass is 10.1. The molecule has 0 spiro atoms. The molecular weight excluding hydrogens is 266 g/mol. The van der Waals surface area contributed by atoms with Gasteiger partial charge in [-0.1, -0.05) is 27.7 Å². The molecule has 1 N–H and O–H groups in total. The number of hydrogen-bond donors (Lipinski definition) is 1. The van der Waals surface area contributed by atoms with E-state index in [1.807, 2.05) is 24.6 Å². The van der Waals surface area contributed by atoms with Crippen molar-refractivity contribution in [2.75, 3.05) is 25.0 Å². The summed E-state index contributed by atoms with van der Waals surface area (Å²) in [6.45, 7) is 13.6. The summed E-state index contributed by atoms with van der Waals surface area (Å²) in [5.41, 5.74) is 0. The van der Waals surface area contributed by atoms with Crippen molar-refractivity contribution in [3.05, 3.63) is 11.1 Å². The molecule has 4 heteroatoms. The van der Waals surface area contributed by atoms with Gasteiger partial charge in [-0.25, -0.2) is 4.98 Å². The van der Waals surface area contributed by atoms with Crippen molar-refractivity contribution in [3.63, 3.8) is 0 Å². The standard InChI is InChI=1S/C16H31N3S/c1-12(2)7-9-19(10-8-13(3)4)16-18-11-15(20-16)14(5)17-6/h11-14,17H,7-10H2,1-6H3. The van der Waals surface area contributed by atoms with Gasteiger partial charge in [-0.2, -0.15) is 0 Å². The molecule has 0 bridgehead atoms. The Morgan fingerprint density at radius 1 is 1.10 bits per heavy atom. The Balaban J connectivity index is 2.72. The predicted octanol–water partition coefficient (Wildman–Crippen LogP) is 4.32. The van der Waals surface area contributed by atoms with E-state index >= 15 is 0 Å². The molecule has 0 aliphatic carbocycles. The summed E-state index contributed by atoms with van der Waals surface area (Å²) in [7, 11) is 2.00. The highest BCUT2D eigenvalue weighted by Crippen LogP contribution is 2.28. The van der Waals surface area contributed by atoms with Gasteiger partial charge in [0.2, 0.25) is 0 Å². The molecule has 0 saturated carbocycles. The summed E-state index contributed by atoms with van der Waals surface area (Å²) in [4.78, 5) is 8.44. The Hall–Kier alpha value is -0.610. The lowest BCUT2D eigenvalue weighted by Crippen LogP contribution is -2.27. The van der Waals surface area contributed by atoms with E-state index in [-0.39, 0.29) is 0 Å². The van der Waals surface area contributed by atoms with Crippen LogP contribution >= 0.6 is 11.3 Å². The normalized spacial score (nSPS) is 13.2. The van der Waals surface area contributed by atoms with Crippen LogP contribution in [0.25, 0.3) is 0 Å². The topological polar surface area (TPSA) is 28.2 Å². The Morgan fingerprint density at radius 2 is 1.65 bits per heavy atom. The molecule has 1 aromatic heterocycles. The van der Waals surface area contributed by atoms with Crippen molar-refractivity contribution >= 4 is 16.5 Å². The highest BCUT2D eigenvalue weighted by molar-refractivity contribution is 7.15. The number of anilines is 1. The van der Waals surface area contributed by atoms with Crippen LogP contribution in [0, 0.1) is 11.8 Å². The molecule has 0 fully saturated rings. The van der Waals surface area contributed by atoms with Gasteiger partial charge in [0.05, 0.1) is 0 Å². The SMILES string of the molecule is CNC(C)c1cnc(N(CCC(C)C)CCC(C)C)s1. The van der Waals surface area contributed by atoms with E-state index < -0.39 is 0 Å². The summed E-state index contributed by atoms with van der Waals surface area (Å²) in [5.74, 6) is 1.49. The first-order valence-electron chi connectivity index (χ1n) is 7.82. The van der Waals surface area contributed by atoms with Gasteiger partial charge < -0.3 is 10.2 Å². The number of nitrogens with one attached hydrogen (secondary N) is 1. The Labute approximate surface area is 128 Å². The average molecular weight is 298 g/mol. The van der Waals surface area contributed by atoms with Crippen LogP contribution in [-0.4, -0.2) is 25.1 Å². The van der Waals surface area contributed by atoms with Crippen LogP contribution in [0.15, 0.2) is 6.20 Å². The average Bonchev–Trinajstić information content (AvgIpc) is 2.86. The summed E-state index contributed by atoms with van der Waals surface area (Å²) >= 11 is 1.83. The molecule has 1 unspecified atom stereocenters. The fraction of sp³-hybridized carbons (Fsp3) is 0.812. The number of hydrogen-bond acceptors (Lipinski definition) is 4. The van der Waals surface area contributed by atoms with Gasteiger partial charge in [-0.15, -0.1) is 11.3 Å². The first kappa shape index (κ1) is 17.4. The van der Waals surface area contributed by atoms with Gasteiger partial charge in [0.25, 0.3) is 0 Å². The highest BCUT2D eigenvalue weighted by Gasteiger charge is 2.14. The van der Waals surface area contributed by atoms with E-state index in [1.165, 1.54) is 22.9 Å². The number of rotatable bonds is 9. The Morgan fingerprint density at radius 3 is 2.10 bits per heavy atom. The van der Waals surface area contributed by atoms with E-state index in [4.69, 9.17) is 0 Å². The molecule has 3 nitrogen and oxygen atoms in total. The first-order chi connectivity index (χ1) is 9.43. The van der Waals surface area contributed by atoms with Crippen molar-refractivity contribution in [2.24, 2.45) is 11.8 Å². The van der Waals surface area contributed by atoms with Gasteiger partial charge in [0.15, 0.2) is 5.13 Å². The zero-order valence-corrected chi connectivity index (χ0v) is 14.8. The van der Waals surface area contributed by atoms with Crippen LogP contribution < -0.4 is 10.2 Å². The third kappa shape index (κ3) is 5.80. The molecule has 0 saturated heterocycles. The number of nitrogens with zero attached hydrogens (tertiary/aromatic N) is 2. The monoisotopic (exact) mass is 297 g/mol. The maximum Gasteiger partial charge on any atom is 0.185 e. The zero-order valence-electron chi connectivity index (χ0n) is 13.9. The van der Waals surface area contributed by atoms with Crippen LogP contribution in [0.5, 0.6) is 0 Å². The van der Waals surface area contributed by atoms with E-state index in [1.54, 1.807) is 0 Å². The molecule has 1 rings (SSSR count). The second-order valence-electron chi connectivity index (χ2n) is 6.41. The molecule has 0 amide bonds. The minimum Gasteiger partial charge on any atom is -0.348 e. The third-order valence-corrected chi connectivity index (χ3v) is 4.84. The van der Waals surface area contributed by atoms with Crippen molar-refractivity contribution in [3.8, 4) is 0 Å². The van der Waals surface area contributed by atoms with Crippen LogP contribution in [-0.2, 0) is 0 Å². The molecule has 116 valence electrons. The molecule has 0 radical (unpaired) electrons. The van der Waals surface area contributed by atoms with Gasteiger partial charge in [-0.05, 0) is 38.6 Å². The maximum atomic E-state index is 4.65. The molecule has 0 aromatic carbocycles. The Kier molecular flexibility index (Phi) is 7.52. The maximum absolute atomic E-state index is 4.65. The molecule has 1 heterocycles. The fourth-order valence-corrected chi connectivity index (χ4v) is 2.92. The van der Waals surface area contributed by atoms with E-state index in [9.17, 15) is 0 Å². The molecule has 1 aromatic rings. The smallest absolute Gasteiger partial charge is 0.185 e. The van der Waals surface area contributed by atoms with Crippen LogP contribution in [0.2, 0.25) is 0 Å². The second kappa shape index (κ2) is 8.63. The van der Waals surface area contributed by atoms with Crippen molar-refractivity contribution in [1.82, 2.24) is 10.3 Å². The van der Waals surface area contributed by atoms with Crippen LogP contribution in [0.4, 0.5) is 5.13 Å². The van der Waals surface area contributed by atoms with Crippen LogP contribution in [0.3, 0.4) is 0 Å². The minimum atomic E-state index is 0.387. The van der Waals surface area contributed by atoms with E-state index in [2.05, 4.69) is 49.8 Å². The van der Waals surface area contributed by atoms with Crippen molar-refractivity contribution in [2.45, 2.75) is 53.5 Å². The van der Waals surface area contributed by atoms with Crippen molar-refractivity contribution < 1.29 is 0 Å². The van der Waals surface area contributed by atoms with Gasteiger partial charge in [0, 0.05) is 30.2 Å². The molecule has 1 atom stereocenters. The fourth-order valence-electron chi connectivity index (χ4n) is 1.90. The molecule has 0 aliphatic heterocycles. The lowest BCUT2D eigenvalue weighted by Gasteiger charge is -2.23. The highest BCUT2D eigenvalue weighted by atomic mass is 32.1. The lowest BCUT2D eigenvalue weighted by molar-refractivity contribution is 0.535. The summed E-state index contributed by atoms with van der Waals surface area (Å²) in [5, 5.41) is 4.47. The largest absolute Gasteiger partial charge is 0.348 e. The quantitative estimate of drug-likeness (QED) is 0.735. The number of aromatic nitrogens is 1. The second-order valence-corrected chi connectivity index (χ2v) is 7.45. The van der Waals surface area contributed by atoms with Crippen LogP contribution in [0.1, 0.15) is 58.4 Å². The third-order valence-electron chi connectivity index (χ3n) is 3.59. The van der Waals surface area contributed by atoms with Gasteiger partial charge in [0.1, 0.15) is 0 Å². The van der Waals surface area contributed by atoms with Gasteiger partial charge in [-0.3, -0.25) is 0 Å². The summed E-state index contributed by atoms with van der Waals surface area (Å²) < 4.78 is 0. The van der Waals surface area contributed by atoms with Gasteiger partial charge >= 0.3 is 0 Å². The molecule has 20 heavy (non-hydrogen) atoms. The summed E-state index contributed by atoms with van der Waals surface area (Å²) in [6, 6.07) is 0.387. The van der Waals surface area contributed by atoms with E-state index in [0.29, 0.717) is 6.04 Å². The molecular formula is C16H31N3S.